The topological polar surface area (TPSA) is 57.7 Å². The Balaban J connectivity index is 2.13. The number of ketones is 1. The van der Waals surface area contributed by atoms with Crippen molar-refractivity contribution in [3.63, 3.8) is 0 Å². The molecule has 1 aromatic heterocycles. The summed E-state index contributed by atoms with van der Waals surface area (Å²) in [5.41, 5.74) is 1.32. The van der Waals surface area contributed by atoms with Gasteiger partial charge in [0.1, 0.15) is 6.61 Å². The smallest absolute Gasteiger partial charge is 0.213 e. The van der Waals surface area contributed by atoms with Gasteiger partial charge in [-0.25, -0.2) is 4.98 Å². The number of rotatable bonds is 6. The molecule has 0 amide bonds. The number of pyridine rings is 1. The highest BCUT2D eigenvalue weighted by atomic mass is 16.5. The molecule has 0 unspecified atom stereocenters. The summed E-state index contributed by atoms with van der Waals surface area (Å²) >= 11 is 0. The highest BCUT2D eigenvalue weighted by molar-refractivity contribution is 5.94. The van der Waals surface area contributed by atoms with E-state index in [1.54, 1.807) is 31.4 Å². The van der Waals surface area contributed by atoms with Crippen LogP contribution >= 0.6 is 0 Å². The minimum atomic E-state index is -0.0192. The van der Waals surface area contributed by atoms with Gasteiger partial charge in [0.25, 0.3) is 0 Å². The zero-order valence-electron chi connectivity index (χ0n) is 12.3. The zero-order chi connectivity index (χ0) is 15.2. The van der Waals surface area contributed by atoms with E-state index >= 15 is 0 Å². The standard InChI is InChI=1S/C16H17NO4/c1-11(18)12-7-8-14(15(9-12)19-2)21-10-13-5-4-6-16(17-13)20-3/h4-9H,10H2,1-3H3. The Hall–Kier alpha value is -2.56. The van der Waals surface area contributed by atoms with Crippen LogP contribution in [0.3, 0.4) is 0 Å². The lowest BCUT2D eigenvalue weighted by Crippen LogP contribution is -2.02. The summed E-state index contributed by atoms with van der Waals surface area (Å²) in [6, 6.07) is 10.6. The first kappa shape index (κ1) is 14.8. The van der Waals surface area contributed by atoms with Crippen LogP contribution in [0.25, 0.3) is 0 Å². The van der Waals surface area contributed by atoms with Crippen LogP contribution in [0.2, 0.25) is 0 Å². The van der Waals surface area contributed by atoms with Crippen molar-refractivity contribution in [2.45, 2.75) is 13.5 Å². The van der Waals surface area contributed by atoms with Crippen LogP contribution in [-0.4, -0.2) is 25.0 Å². The van der Waals surface area contributed by atoms with Crippen molar-refractivity contribution in [3.8, 4) is 17.4 Å². The number of Topliss-reactive ketones (excluding diaryl/α,β-unsaturated/α-hetero) is 1. The van der Waals surface area contributed by atoms with Crippen molar-refractivity contribution >= 4 is 5.78 Å². The molecule has 0 saturated carbocycles. The van der Waals surface area contributed by atoms with Gasteiger partial charge in [-0.05, 0) is 31.2 Å². The fraction of sp³-hybridized carbons (Fsp3) is 0.250. The minimum absolute atomic E-state index is 0.0192. The molecule has 0 spiro atoms. The second-order valence-electron chi connectivity index (χ2n) is 4.38. The van der Waals surface area contributed by atoms with E-state index in [4.69, 9.17) is 14.2 Å². The average Bonchev–Trinajstić information content (AvgIpc) is 2.52. The van der Waals surface area contributed by atoms with Gasteiger partial charge >= 0.3 is 0 Å². The zero-order valence-corrected chi connectivity index (χ0v) is 12.3. The average molecular weight is 287 g/mol. The van der Waals surface area contributed by atoms with Crippen molar-refractivity contribution in [2.24, 2.45) is 0 Å². The van der Waals surface area contributed by atoms with E-state index in [2.05, 4.69) is 4.98 Å². The van der Waals surface area contributed by atoms with Gasteiger partial charge in [-0.15, -0.1) is 0 Å². The summed E-state index contributed by atoms with van der Waals surface area (Å²) in [5, 5.41) is 0. The van der Waals surface area contributed by atoms with E-state index < -0.39 is 0 Å². The Bertz CT molecular complexity index is 640. The van der Waals surface area contributed by atoms with Gasteiger partial charge in [0.2, 0.25) is 5.88 Å². The van der Waals surface area contributed by atoms with Crippen LogP contribution in [-0.2, 0) is 6.61 Å². The number of methoxy groups -OCH3 is 2. The van der Waals surface area contributed by atoms with E-state index in [1.807, 2.05) is 12.1 Å². The van der Waals surface area contributed by atoms with Gasteiger partial charge in [0, 0.05) is 11.6 Å². The fourth-order valence-corrected chi connectivity index (χ4v) is 1.81. The van der Waals surface area contributed by atoms with Gasteiger partial charge < -0.3 is 14.2 Å². The predicted octanol–water partition coefficient (Wildman–Crippen LogP) is 2.88. The molecule has 0 saturated heterocycles. The molecule has 0 aliphatic carbocycles. The van der Waals surface area contributed by atoms with Gasteiger partial charge in [-0.2, -0.15) is 0 Å². The summed E-state index contributed by atoms with van der Waals surface area (Å²) in [7, 11) is 3.10. The molecular weight excluding hydrogens is 270 g/mol. The molecule has 1 aromatic carbocycles. The molecule has 0 N–H and O–H groups in total. The maximum Gasteiger partial charge on any atom is 0.213 e. The predicted molar refractivity (Wildman–Crippen MR) is 78.1 cm³/mol. The summed E-state index contributed by atoms with van der Waals surface area (Å²) < 4.78 is 16.0. The normalized spacial score (nSPS) is 10.0. The molecule has 5 nitrogen and oxygen atoms in total. The third-order valence-corrected chi connectivity index (χ3v) is 2.94. The van der Waals surface area contributed by atoms with Crippen molar-refractivity contribution in [2.75, 3.05) is 14.2 Å². The minimum Gasteiger partial charge on any atom is -0.493 e. The van der Waals surface area contributed by atoms with Crippen LogP contribution < -0.4 is 14.2 Å². The molecule has 2 aromatic rings. The van der Waals surface area contributed by atoms with Crippen LogP contribution in [0, 0.1) is 0 Å². The van der Waals surface area contributed by atoms with E-state index in [1.165, 1.54) is 14.0 Å². The van der Waals surface area contributed by atoms with Crippen molar-refractivity contribution in [1.82, 2.24) is 4.98 Å². The van der Waals surface area contributed by atoms with E-state index in [9.17, 15) is 4.79 Å². The third kappa shape index (κ3) is 3.72. The lowest BCUT2D eigenvalue weighted by Gasteiger charge is -2.11. The number of hydrogen-bond acceptors (Lipinski definition) is 5. The van der Waals surface area contributed by atoms with E-state index in [0.717, 1.165) is 5.69 Å². The number of aromatic nitrogens is 1. The Morgan fingerprint density at radius 1 is 1.10 bits per heavy atom. The monoisotopic (exact) mass is 287 g/mol. The molecule has 0 aliphatic rings. The second-order valence-corrected chi connectivity index (χ2v) is 4.38. The SMILES string of the molecule is COc1cccc(COc2ccc(C(C)=O)cc2OC)n1. The van der Waals surface area contributed by atoms with Gasteiger partial charge in [0.15, 0.2) is 17.3 Å². The Morgan fingerprint density at radius 2 is 1.90 bits per heavy atom. The quantitative estimate of drug-likeness (QED) is 0.765. The van der Waals surface area contributed by atoms with E-state index in [-0.39, 0.29) is 12.4 Å². The maximum atomic E-state index is 11.4. The second kappa shape index (κ2) is 6.74. The summed E-state index contributed by atoms with van der Waals surface area (Å²) in [6.07, 6.45) is 0. The van der Waals surface area contributed by atoms with Crippen LogP contribution in [0.4, 0.5) is 0 Å². The molecule has 5 heteroatoms. The van der Waals surface area contributed by atoms with Crippen molar-refractivity contribution in [1.29, 1.82) is 0 Å². The van der Waals surface area contributed by atoms with Crippen LogP contribution in [0.1, 0.15) is 23.0 Å². The maximum absolute atomic E-state index is 11.4. The lowest BCUT2D eigenvalue weighted by molar-refractivity contribution is 0.101. The highest BCUT2D eigenvalue weighted by Gasteiger charge is 2.09. The molecule has 0 bridgehead atoms. The first-order valence-electron chi connectivity index (χ1n) is 6.45. The Labute approximate surface area is 123 Å². The van der Waals surface area contributed by atoms with Crippen molar-refractivity contribution in [3.05, 3.63) is 47.7 Å². The first-order valence-corrected chi connectivity index (χ1v) is 6.45. The Morgan fingerprint density at radius 3 is 2.57 bits per heavy atom. The number of ether oxygens (including phenoxy) is 3. The van der Waals surface area contributed by atoms with Crippen molar-refractivity contribution < 1.29 is 19.0 Å². The number of benzene rings is 1. The molecule has 0 aliphatic heterocycles. The van der Waals surface area contributed by atoms with Gasteiger partial charge in [0.05, 0.1) is 19.9 Å². The van der Waals surface area contributed by atoms with Gasteiger partial charge in [-0.1, -0.05) is 6.07 Å². The lowest BCUT2D eigenvalue weighted by atomic mass is 10.1. The molecule has 0 radical (unpaired) electrons. The largest absolute Gasteiger partial charge is 0.493 e. The van der Waals surface area contributed by atoms with Crippen LogP contribution in [0.15, 0.2) is 36.4 Å². The highest BCUT2D eigenvalue weighted by Crippen LogP contribution is 2.29. The number of carbonyl (C=O) groups excluding carboxylic acids is 1. The molecule has 21 heavy (non-hydrogen) atoms. The molecular formula is C16H17NO4. The molecule has 2 rings (SSSR count). The summed E-state index contributed by atoms with van der Waals surface area (Å²) in [5.74, 6) is 1.60. The summed E-state index contributed by atoms with van der Waals surface area (Å²) in [6.45, 7) is 1.79. The molecule has 0 fully saturated rings. The first-order chi connectivity index (χ1) is 10.1. The molecule has 110 valence electrons. The number of hydrogen-bond donors (Lipinski definition) is 0. The Kier molecular flexibility index (Phi) is 4.77. The summed E-state index contributed by atoms with van der Waals surface area (Å²) in [4.78, 5) is 15.6. The third-order valence-electron chi connectivity index (χ3n) is 2.94. The molecule has 0 atom stereocenters. The number of nitrogens with zero attached hydrogens (tertiary/aromatic N) is 1. The van der Waals surface area contributed by atoms with E-state index in [0.29, 0.717) is 22.9 Å². The fourth-order valence-electron chi connectivity index (χ4n) is 1.81. The van der Waals surface area contributed by atoms with Crippen LogP contribution in [0.5, 0.6) is 17.4 Å². The van der Waals surface area contributed by atoms with Gasteiger partial charge in [-0.3, -0.25) is 4.79 Å². The number of carbonyl (C=O) groups is 1. The molecule has 1 heterocycles.